The second kappa shape index (κ2) is 11.3. The van der Waals surface area contributed by atoms with Gasteiger partial charge in [-0.15, -0.1) is 5.10 Å². The van der Waals surface area contributed by atoms with Crippen LogP contribution in [0.1, 0.15) is 50.0 Å². The van der Waals surface area contributed by atoms with E-state index in [1.165, 1.54) is 35.0 Å². The van der Waals surface area contributed by atoms with Crippen molar-refractivity contribution >= 4 is 11.9 Å². The van der Waals surface area contributed by atoms with Gasteiger partial charge in [0, 0.05) is 11.3 Å². The first kappa shape index (κ1) is 28.5. The molecular formula is C27H28F3N7O3. The van der Waals surface area contributed by atoms with Crippen molar-refractivity contribution in [1.82, 2.24) is 29.9 Å². The molecule has 13 heteroatoms. The summed E-state index contributed by atoms with van der Waals surface area (Å²) in [7, 11) is 0. The first-order valence-electron chi connectivity index (χ1n) is 12.4. The lowest BCUT2D eigenvalue weighted by Crippen LogP contribution is -2.30. The van der Waals surface area contributed by atoms with Crippen molar-refractivity contribution in [2.24, 2.45) is 5.41 Å². The molecule has 3 N–H and O–H groups in total. The van der Waals surface area contributed by atoms with Gasteiger partial charge in [0.15, 0.2) is 0 Å². The zero-order valence-corrected chi connectivity index (χ0v) is 22.3. The summed E-state index contributed by atoms with van der Waals surface area (Å²) in [4.78, 5) is 24.1. The van der Waals surface area contributed by atoms with Crippen molar-refractivity contribution in [2.45, 2.75) is 53.7 Å². The van der Waals surface area contributed by atoms with Crippen LogP contribution in [0.5, 0.6) is 5.88 Å². The van der Waals surface area contributed by atoms with Crippen LogP contribution in [-0.4, -0.2) is 41.0 Å². The summed E-state index contributed by atoms with van der Waals surface area (Å²) in [6, 6.07) is 8.25. The Morgan fingerprint density at radius 2 is 1.82 bits per heavy atom. The number of carboxylic acid groups (broad SMARTS) is 1. The number of nitrogens with two attached hydrogens (primary N) is 1. The van der Waals surface area contributed by atoms with Crippen molar-refractivity contribution in [1.29, 1.82) is 0 Å². The summed E-state index contributed by atoms with van der Waals surface area (Å²) < 4.78 is 48.6. The third-order valence-electron chi connectivity index (χ3n) is 6.22. The lowest BCUT2D eigenvalue weighted by molar-refractivity contribution is -0.147. The predicted octanol–water partition coefficient (Wildman–Crippen LogP) is 5.02. The zero-order chi connectivity index (χ0) is 29.2. The number of halogens is 3. The number of aryl methyl sites for hydroxylation is 1. The van der Waals surface area contributed by atoms with Gasteiger partial charge in [0.1, 0.15) is 23.8 Å². The number of ether oxygens (including phenoxy) is 1. The summed E-state index contributed by atoms with van der Waals surface area (Å²) in [6.07, 6.45) is -2.34. The molecular weight excluding hydrogens is 527 g/mol. The molecule has 3 heterocycles. The maximum absolute atomic E-state index is 13.7. The quantitative estimate of drug-likeness (QED) is 0.276. The van der Waals surface area contributed by atoms with Gasteiger partial charge < -0.3 is 15.6 Å². The topological polar surface area (TPSA) is 142 Å². The SMILES string of the molecule is CCc1c(COc2nc(N)nc(-c3ccc(F)cc3)c2-c2cc(C)nc(C(F)F)c2)nnn1CC(C)(C)C(=O)O. The number of hydrogen-bond donors (Lipinski definition) is 2. The number of pyridine rings is 1. The van der Waals surface area contributed by atoms with E-state index in [1.807, 2.05) is 6.92 Å². The molecule has 40 heavy (non-hydrogen) atoms. The lowest BCUT2D eigenvalue weighted by atomic mass is 9.94. The Kier molecular flexibility index (Phi) is 8.03. The molecule has 0 spiro atoms. The number of carboxylic acids is 1. The number of benzene rings is 1. The van der Waals surface area contributed by atoms with E-state index in [4.69, 9.17) is 10.5 Å². The number of aliphatic carboxylic acids is 1. The van der Waals surface area contributed by atoms with E-state index in [-0.39, 0.29) is 36.2 Å². The van der Waals surface area contributed by atoms with Crippen LogP contribution in [0.25, 0.3) is 22.4 Å². The molecule has 0 bridgehead atoms. The number of rotatable bonds is 10. The molecule has 0 unspecified atom stereocenters. The maximum atomic E-state index is 13.7. The average molecular weight is 556 g/mol. The lowest BCUT2D eigenvalue weighted by Gasteiger charge is -2.20. The molecule has 0 saturated carbocycles. The van der Waals surface area contributed by atoms with E-state index in [0.29, 0.717) is 34.6 Å². The smallest absolute Gasteiger partial charge is 0.310 e. The van der Waals surface area contributed by atoms with E-state index >= 15 is 0 Å². The van der Waals surface area contributed by atoms with Crippen molar-refractivity contribution < 1.29 is 27.8 Å². The monoisotopic (exact) mass is 555 g/mol. The van der Waals surface area contributed by atoms with Crippen LogP contribution in [0.15, 0.2) is 36.4 Å². The van der Waals surface area contributed by atoms with Crippen LogP contribution >= 0.6 is 0 Å². The van der Waals surface area contributed by atoms with Gasteiger partial charge in [-0.3, -0.25) is 9.78 Å². The molecule has 0 aliphatic heterocycles. The van der Waals surface area contributed by atoms with Crippen LogP contribution in [-0.2, 0) is 24.4 Å². The number of carbonyl (C=O) groups is 1. The Labute approximate surface area is 228 Å². The summed E-state index contributed by atoms with van der Waals surface area (Å²) in [6.45, 7) is 6.59. The van der Waals surface area contributed by atoms with E-state index < -0.39 is 29.3 Å². The standard InChI is InChI=1S/C27H28F3N7O3/c1-5-20-19(35-36-37(20)13-27(3,4)25(38)39)12-40-24-21(16-10-14(2)32-18(11-16)23(29)30)22(33-26(31)34-24)15-6-8-17(28)9-7-15/h6-11,23H,5,12-13H2,1-4H3,(H,38,39)(H2,31,33,34). The van der Waals surface area contributed by atoms with E-state index in [1.54, 1.807) is 26.8 Å². The van der Waals surface area contributed by atoms with Gasteiger partial charge in [-0.05, 0) is 69.2 Å². The van der Waals surface area contributed by atoms with E-state index in [9.17, 15) is 23.1 Å². The van der Waals surface area contributed by atoms with Gasteiger partial charge in [0.25, 0.3) is 6.43 Å². The maximum Gasteiger partial charge on any atom is 0.310 e. The third kappa shape index (κ3) is 6.03. The number of alkyl halides is 2. The number of aromatic nitrogens is 6. The van der Waals surface area contributed by atoms with Crippen molar-refractivity contribution in [3.05, 3.63) is 65.0 Å². The molecule has 0 amide bonds. The molecule has 3 aromatic heterocycles. The first-order valence-corrected chi connectivity index (χ1v) is 12.4. The minimum absolute atomic E-state index is 0.0138. The Balaban J connectivity index is 1.81. The molecule has 0 radical (unpaired) electrons. The molecule has 10 nitrogen and oxygen atoms in total. The Morgan fingerprint density at radius 1 is 1.12 bits per heavy atom. The summed E-state index contributed by atoms with van der Waals surface area (Å²) in [5, 5.41) is 17.8. The molecule has 0 fully saturated rings. The van der Waals surface area contributed by atoms with Crippen molar-refractivity contribution in [3.8, 4) is 28.3 Å². The fourth-order valence-corrected chi connectivity index (χ4v) is 4.16. The van der Waals surface area contributed by atoms with Gasteiger partial charge >= 0.3 is 5.97 Å². The molecule has 210 valence electrons. The first-order chi connectivity index (χ1) is 18.9. The molecule has 4 aromatic rings. The fourth-order valence-electron chi connectivity index (χ4n) is 4.16. The number of nitrogens with zero attached hydrogens (tertiary/aromatic N) is 6. The third-order valence-corrected chi connectivity index (χ3v) is 6.22. The largest absolute Gasteiger partial charge is 0.481 e. The highest BCUT2D eigenvalue weighted by Gasteiger charge is 2.30. The molecule has 1 aromatic carbocycles. The van der Waals surface area contributed by atoms with Crippen LogP contribution in [0.2, 0.25) is 0 Å². The van der Waals surface area contributed by atoms with Crippen LogP contribution in [0.3, 0.4) is 0 Å². The summed E-state index contributed by atoms with van der Waals surface area (Å²) in [5.41, 5.74) is 7.18. The highest BCUT2D eigenvalue weighted by molar-refractivity contribution is 5.85. The second-order valence-corrected chi connectivity index (χ2v) is 9.81. The average Bonchev–Trinajstić information content (AvgIpc) is 3.27. The molecule has 0 aliphatic rings. The van der Waals surface area contributed by atoms with Crippen molar-refractivity contribution in [3.63, 3.8) is 0 Å². The van der Waals surface area contributed by atoms with Gasteiger partial charge in [-0.1, -0.05) is 12.1 Å². The minimum atomic E-state index is -2.83. The normalized spacial score (nSPS) is 11.7. The van der Waals surface area contributed by atoms with Gasteiger partial charge in [0.2, 0.25) is 11.8 Å². The highest BCUT2D eigenvalue weighted by atomic mass is 19.3. The van der Waals surface area contributed by atoms with Gasteiger partial charge in [0.05, 0.1) is 28.9 Å². The number of hydrogen-bond acceptors (Lipinski definition) is 8. The minimum Gasteiger partial charge on any atom is -0.481 e. The molecule has 0 aliphatic carbocycles. The second-order valence-electron chi connectivity index (χ2n) is 9.81. The molecule has 0 atom stereocenters. The molecule has 0 saturated heterocycles. The summed E-state index contributed by atoms with van der Waals surface area (Å²) in [5.74, 6) is -1.61. The number of nitrogen functional groups attached to an aromatic ring is 1. The fraction of sp³-hybridized carbons (Fsp3) is 0.333. The van der Waals surface area contributed by atoms with E-state index in [2.05, 4.69) is 25.3 Å². The summed E-state index contributed by atoms with van der Waals surface area (Å²) >= 11 is 0. The number of anilines is 1. The van der Waals surface area contributed by atoms with Gasteiger partial charge in [-0.2, -0.15) is 4.98 Å². The van der Waals surface area contributed by atoms with Crippen molar-refractivity contribution in [2.75, 3.05) is 5.73 Å². The Bertz CT molecular complexity index is 1540. The molecule has 4 rings (SSSR count). The van der Waals surface area contributed by atoms with E-state index in [0.717, 1.165) is 0 Å². The van der Waals surface area contributed by atoms with Crippen LogP contribution in [0, 0.1) is 18.2 Å². The van der Waals surface area contributed by atoms with Crippen LogP contribution in [0.4, 0.5) is 19.1 Å². The zero-order valence-electron chi connectivity index (χ0n) is 22.3. The van der Waals surface area contributed by atoms with Crippen LogP contribution < -0.4 is 10.5 Å². The highest BCUT2D eigenvalue weighted by Crippen LogP contribution is 2.39. The van der Waals surface area contributed by atoms with Gasteiger partial charge in [-0.25, -0.2) is 22.8 Å². The predicted molar refractivity (Wildman–Crippen MR) is 140 cm³/mol. The Hall–Kier alpha value is -4.55. The Morgan fingerprint density at radius 3 is 2.45 bits per heavy atom.